The summed E-state index contributed by atoms with van der Waals surface area (Å²) in [4.78, 5) is 14.4. The number of nitrogens with zero attached hydrogens (tertiary/aromatic N) is 1. The highest BCUT2D eigenvalue weighted by molar-refractivity contribution is 5.80. The van der Waals surface area contributed by atoms with Crippen LogP contribution < -0.4 is 5.73 Å². The lowest BCUT2D eigenvalue weighted by Crippen LogP contribution is -2.45. The van der Waals surface area contributed by atoms with Crippen LogP contribution in [0.2, 0.25) is 0 Å². The summed E-state index contributed by atoms with van der Waals surface area (Å²) in [6, 6.07) is 0.537. The zero-order valence-corrected chi connectivity index (χ0v) is 9.78. The molecule has 1 aliphatic heterocycles. The van der Waals surface area contributed by atoms with Gasteiger partial charge < -0.3 is 10.6 Å². The fourth-order valence-electron chi connectivity index (χ4n) is 3.07. The van der Waals surface area contributed by atoms with Crippen molar-refractivity contribution in [1.82, 2.24) is 4.90 Å². The minimum atomic E-state index is 0.0318. The molecule has 3 atom stereocenters. The van der Waals surface area contributed by atoms with E-state index in [1.807, 2.05) is 0 Å². The lowest BCUT2D eigenvalue weighted by molar-refractivity contribution is -0.138. The van der Waals surface area contributed by atoms with E-state index in [0.717, 1.165) is 12.5 Å². The SMILES string of the molecule is CC(C)C(CN)C(=O)N1CC2CCC1C2. The first kappa shape index (κ1) is 10.9. The number of carbonyl (C=O) groups excluding carboxylic acids is 1. The quantitative estimate of drug-likeness (QED) is 0.761. The van der Waals surface area contributed by atoms with Crippen molar-refractivity contribution in [2.75, 3.05) is 13.1 Å². The summed E-state index contributed by atoms with van der Waals surface area (Å²) in [5.74, 6) is 1.48. The first-order chi connectivity index (χ1) is 7.13. The number of hydrogen-bond acceptors (Lipinski definition) is 2. The fraction of sp³-hybridized carbons (Fsp3) is 0.917. The van der Waals surface area contributed by atoms with Crippen LogP contribution in [0.5, 0.6) is 0 Å². The topological polar surface area (TPSA) is 46.3 Å². The van der Waals surface area contributed by atoms with Crippen molar-refractivity contribution in [1.29, 1.82) is 0 Å². The number of hydrogen-bond donors (Lipinski definition) is 1. The Balaban J connectivity index is 2.01. The standard InChI is InChI=1S/C12H22N2O/c1-8(2)11(6-13)12(15)14-7-9-3-4-10(14)5-9/h8-11H,3-7,13H2,1-2H3. The van der Waals surface area contributed by atoms with Gasteiger partial charge in [-0.15, -0.1) is 0 Å². The Morgan fingerprint density at radius 1 is 1.47 bits per heavy atom. The molecule has 2 N–H and O–H groups in total. The highest BCUT2D eigenvalue weighted by atomic mass is 16.2. The summed E-state index contributed by atoms with van der Waals surface area (Å²) >= 11 is 0. The van der Waals surface area contributed by atoms with E-state index in [4.69, 9.17) is 5.73 Å². The number of amides is 1. The zero-order chi connectivity index (χ0) is 11.0. The van der Waals surface area contributed by atoms with Gasteiger partial charge in [0, 0.05) is 19.1 Å². The van der Waals surface area contributed by atoms with E-state index < -0.39 is 0 Å². The van der Waals surface area contributed by atoms with Crippen molar-refractivity contribution in [2.45, 2.75) is 39.2 Å². The Kier molecular flexibility index (Phi) is 3.01. The first-order valence-electron chi connectivity index (χ1n) is 6.14. The molecular weight excluding hydrogens is 188 g/mol. The molecule has 86 valence electrons. The third-order valence-electron chi connectivity index (χ3n) is 4.07. The van der Waals surface area contributed by atoms with E-state index in [2.05, 4.69) is 18.7 Å². The molecule has 0 spiro atoms. The average Bonchev–Trinajstić information content (AvgIpc) is 2.78. The van der Waals surface area contributed by atoms with Crippen molar-refractivity contribution < 1.29 is 4.79 Å². The molecule has 3 unspecified atom stereocenters. The Morgan fingerprint density at radius 2 is 2.20 bits per heavy atom. The maximum absolute atomic E-state index is 12.3. The summed E-state index contributed by atoms with van der Waals surface area (Å²) in [6.45, 7) is 5.66. The van der Waals surface area contributed by atoms with Crippen LogP contribution in [0.3, 0.4) is 0 Å². The molecule has 15 heavy (non-hydrogen) atoms. The highest BCUT2D eigenvalue weighted by Crippen LogP contribution is 2.38. The maximum Gasteiger partial charge on any atom is 0.227 e. The van der Waals surface area contributed by atoms with Crippen molar-refractivity contribution in [3.05, 3.63) is 0 Å². The van der Waals surface area contributed by atoms with Crippen molar-refractivity contribution in [2.24, 2.45) is 23.5 Å². The normalized spacial score (nSPS) is 31.3. The van der Waals surface area contributed by atoms with Crippen LogP contribution in [-0.2, 0) is 4.79 Å². The third kappa shape index (κ3) is 1.89. The molecule has 3 nitrogen and oxygen atoms in total. The Morgan fingerprint density at radius 3 is 2.60 bits per heavy atom. The van der Waals surface area contributed by atoms with Crippen molar-refractivity contribution in [3.8, 4) is 0 Å². The van der Waals surface area contributed by atoms with Crippen LogP contribution in [-0.4, -0.2) is 29.9 Å². The summed E-state index contributed by atoms with van der Waals surface area (Å²) in [5.41, 5.74) is 5.69. The molecule has 0 aromatic rings. The maximum atomic E-state index is 12.3. The van der Waals surface area contributed by atoms with Gasteiger partial charge in [0.25, 0.3) is 0 Å². The molecule has 2 rings (SSSR count). The van der Waals surface area contributed by atoms with Crippen LogP contribution >= 0.6 is 0 Å². The van der Waals surface area contributed by atoms with Gasteiger partial charge in [-0.05, 0) is 31.1 Å². The van der Waals surface area contributed by atoms with Gasteiger partial charge in [0.05, 0.1) is 5.92 Å². The average molecular weight is 210 g/mol. The van der Waals surface area contributed by atoms with Gasteiger partial charge in [-0.25, -0.2) is 0 Å². The Labute approximate surface area is 92.0 Å². The van der Waals surface area contributed by atoms with Crippen LogP contribution in [0.15, 0.2) is 0 Å². The smallest absolute Gasteiger partial charge is 0.227 e. The van der Waals surface area contributed by atoms with Crippen LogP contribution in [0.25, 0.3) is 0 Å². The van der Waals surface area contributed by atoms with Gasteiger partial charge in [-0.2, -0.15) is 0 Å². The lowest BCUT2D eigenvalue weighted by atomic mass is 9.93. The molecule has 0 aromatic carbocycles. The third-order valence-corrected chi connectivity index (χ3v) is 4.07. The number of piperidine rings is 1. The summed E-state index contributed by atoms with van der Waals surface area (Å²) in [7, 11) is 0. The van der Waals surface area contributed by atoms with Gasteiger partial charge in [0.1, 0.15) is 0 Å². The molecule has 1 aliphatic carbocycles. The number of likely N-dealkylation sites (tertiary alicyclic amines) is 1. The molecular formula is C12H22N2O. The largest absolute Gasteiger partial charge is 0.339 e. The molecule has 2 bridgehead atoms. The molecule has 1 heterocycles. The molecule has 3 heteroatoms. The van der Waals surface area contributed by atoms with Crippen LogP contribution in [0, 0.1) is 17.8 Å². The fourth-order valence-corrected chi connectivity index (χ4v) is 3.07. The molecule has 2 aliphatic rings. The van der Waals surface area contributed by atoms with E-state index >= 15 is 0 Å². The molecule has 0 radical (unpaired) electrons. The van der Waals surface area contributed by atoms with E-state index in [1.165, 1.54) is 19.3 Å². The van der Waals surface area contributed by atoms with E-state index in [0.29, 0.717) is 24.4 Å². The summed E-state index contributed by atoms with van der Waals surface area (Å²) in [5, 5.41) is 0. The summed E-state index contributed by atoms with van der Waals surface area (Å²) < 4.78 is 0. The van der Waals surface area contributed by atoms with Crippen LogP contribution in [0.4, 0.5) is 0 Å². The number of carbonyl (C=O) groups is 1. The first-order valence-corrected chi connectivity index (χ1v) is 6.14. The minimum Gasteiger partial charge on any atom is -0.339 e. The number of fused-ring (bicyclic) bond motifs is 2. The second-order valence-electron chi connectivity index (χ2n) is 5.41. The van der Waals surface area contributed by atoms with Crippen LogP contribution in [0.1, 0.15) is 33.1 Å². The predicted molar refractivity (Wildman–Crippen MR) is 60.2 cm³/mol. The van der Waals surface area contributed by atoms with Gasteiger partial charge in [-0.3, -0.25) is 4.79 Å². The monoisotopic (exact) mass is 210 g/mol. The van der Waals surface area contributed by atoms with Crippen molar-refractivity contribution >= 4 is 5.91 Å². The predicted octanol–water partition coefficient (Wildman–Crippen LogP) is 1.23. The highest BCUT2D eigenvalue weighted by Gasteiger charge is 2.42. The Bertz CT molecular complexity index is 252. The lowest BCUT2D eigenvalue weighted by Gasteiger charge is -2.31. The molecule has 0 aromatic heterocycles. The zero-order valence-electron chi connectivity index (χ0n) is 9.78. The minimum absolute atomic E-state index is 0.0318. The van der Waals surface area contributed by atoms with Gasteiger partial charge in [-0.1, -0.05) is 13.8 Å². The van der Waals surface area contributed by atoms with Crippen molar-refractivity contribution in [3.63, 3.8) is 0 Å². The van der Waals surface area contributed by atoms with E-state index in [-0.39, 0.29) is 5.92 Å². The molecule has 1 amide bonds. The number of rotatable bonds is 3. The van der Waals surface area contributed by atoms with Gasteiger partial charge in [0.2, 0.25) is 5.91 Å². The second-order valence-corrected chi connectivity index (χ2v) is 5.41. The molecule has 1 saturated heterocycles. The Hall–Kier alpha value is -0.570. The summed E-state index contributed by atoms with van der Waals surface area (Å²) in [6.07, 6.45) is 3.77. The molecule has 2 fully saturated rings. The van der Waals surface area contributed by atoms with E-state index in [9.17, 15) is 4.79 Å². The van der Waals surface area contributed by atoms with E-state index in [1.54, 1.807) is 0 Å². The van der Waals surface area contributed by atoms with Gasteiger partial charge >= 0.3 is 0 Å². The number of nitrogens with two attached hydrogens (primary N) is 1. The molecule has 1 saturated carbocycles. The van der Waals surface area contributed by atoms with Gasteiger partial charge in [0.15, 0.2) is 0 Å². The second kappa shape index (κ2) is 4.12.